The Bertz CT molecular complexity index is 1070. The van der Waals surface area contributed by atoms with Crippen LogP contribution in [0.1, 0.15) is 33.6 Å². The molecule has 1 saturated heterocycles. The maximum Gasteiger partial charge on any atom is 0.407 e. The first kappa shape index (κ1) is 24.2. The first-order valence-electron chi connectivity index (χ1n) is 11.1. The summed E-state index contributed by atoms with van der Waals surface area (Å²) in [5.41, 5.74) is -0.899. The molecule has 2 N–H and O–H groups in total. The first-order chi connectivity index (χ1) is 15.6. The Balaban J connectivity index is 1.49. The van der Waals surface area contributed by atoms with Crippen molar-refractivity contribution in [3.8, 4) is 0 Å². The van der Waals surface area contributed by atoms with Crippen molar-refractivity contribution in [3.63, 3.8) is 0 Å². The van der Waals surface area contributed by atoms with E-state index in [1.54, 1.807) is 50.1 Å². The zero-order valence-electron chi connectivity index (χ0n) is 19.3. The first-order valence-corrected chi connectivity index (χ1v) is 11.1. The van der Waals surface area contributed by atoms with Crippen LogP contribution in [-0.4, -0.2) is 64.4 Å². The molecule has 1 unspecified atom stereocenters. The van der Waals surface area contributed by atoms with Gasteiger partial charge in [0.25, 0.3) is 5.56 Å². The number of piperidine rings is 1. The molecule has 10 nitrogen and oxygen atoms in total. The highest BCUT2D eigenvalue weighted by atomic mass is 16.6. The second kappa shape index (κ2) is 10.5. The summed E-state index contributed by atoms with van der Waals surface area (Å²) in [5, 5.41) is 10.7. The maximum atomic E-state index is 12.8. The van der Waals surface area contributed by atoms with E-state index in [-0.39, 0.29) is 49.5 Å². The van der Waals surface area contributed by atoms with Gasteiger partial charge in [-0.1, -0.05) is 18.2 Å². The number of nitrogens with one attached hydrogen (secondary N) is 2. The molecular weight excluding hydrogens is 426 g/mol. The Hall–Kier alpha value is -3.43. The summed E-state index contributed by atoms with van der Waals surface area (Å²) in [6.45, 7) is 6.48. The molecule has 1 aliphatic heterocycles. The maximum absolute atomic E-state index is 12.8. The molecule has 1 aromatic carbocycles. The molecule has 3 amide bonds. The number of rotatable bonds is 6. The third-order valence-corrected chi connectivity index (χ3v) is 5.28. The van der Waals surface area contributed by atoms with E-state index in [0.29, 0.717) is 24.8 Å². The zero-order chi connectivity index (χ0) is 24.0. The Labute approximate surface area is 192 Å². The highest BCUT2D eigenvalue weighted by Gasteiger charge is 2.28. The molecule has 10 heteroatoms. The number of hydrogen-bond donors (Lipinski definition) is 2. The molecule has 3 rings (SSSR count). The summed E-state index contributed by atoms with van der Waals surface area (Å²) >= 11 is 0. The van der Waals surface area contributed by atoms with Gasteiger partial charge in [0.2, 0.25) is 11.8 Å². The van der Waals surface area contributed by atoms with Gasteiger partial charge in [0.05, 0.1) is 17.5 Å². The number of benzene rings is 1. The summed E-state index contributed by atoms with van der Waals surface area (Å²) in [7, 11) is 0. The van der Waals surface area contributed by atoms with Crippen LogP contribution < -0.4 is 16.2 Å². The smallest absolute Gasteiger partial charge is 0.407 e. The molecular formula is C23H31N5O5. The van der Waals surface area contributed by atoms with E-state index in [4.69, 9.17) is 4.74 Å². The number of carbonyl (C=O) groups excluding carboxylic acids is 3. The minimum absolute atomic E-state index is 0.167. The molecule has 1 aromatic heterocycles. The Morgan fingerprint density at radius 1 is 1.15 bits per heavy atom. The lowest BCUT2D eigenvalue weighted by atomic mass is 9.97. The summed E-state index contributed by atoms with van der Waals surface area (Å²) < 4.78 is 6.31. The van der Waals surface area contributed by atoms with Crippen LogP contribution >= 0.6 is 0 Å². The van der Waals surface area contributed by atoms with Gasteiger partial charge in [-0.15, -0.1) is 0 Å². The van der Waals surface area contributed by atoms with Crippen molar-refractivity contribution in [2.24, 2.45) is 5.92 Å². The van der Waals surface area contributed by atoms with Gasteiger partial charge in [-0.3, -0.25) is 14.4 Å². The topological polar surface area (TPSA) is 123 Å². The number of likely N-dealkylation sites (tertiary alicyclic amines) is 1. The van der Waals surface area contributed by atoms with Crippen LogP contribution in [0.2, 0.25) is 0 Å². The fourth-order valence-electron chi connectivity index (χ4n) is 3.69. The predicted molar refractivity (Wildman–Crippen MR) is 123 cm³/mol. The minimum atomic E-state index is -0.584. The van der Waals surface area contributed by atoms with Crippen LogP contribution in [-0.2, 0) is 20.9 Å². The summed E-state index contributed by atoms with van der Waals surface area (Å²) in [6.07, 6.45) is 2.40. The van der Waals surface area contributed by atoms with Crippen LogP contribution in [0.25, 0.3) is 10.8 Å². The molecule has 178 valence electrons. The van der Waals surface area contributed by atoms with Crippen molar-refractivity contribution >= 4 is 28.7 Å². The van der Waals surface area contributed by atoms with Gasteiger partial charge >= 0.3 is 6.09 Å². The van der Waals surface area contributed by atoms with Crippen LogP contribution in [0.3, 0.4) is 0 Å². The number of alkyl carbamates (subject to hydrolysis) is 1. The van der Waals surface area contributed by atoms with Crippen molar-refractivity contribution in [2.75, 3.05) is 26.2 Å². The van der Waals surface area contributed by atoms with Crippen molar-refractivity contribution in [1.29, 1.82) is 0 Å². The molecule has 0 saturated carbocycles. The fraction of sp³-hybridized carbons (Fsp3) is 0.522. The Morgan fingerprint density at radius 3 is 2.64 bits per heavy atom. The van der Waals surface area contributed by atoms with Crippen LogP contribution in [0.4, 0.5) is 4.79 Å². The van der Waals surface area contributed by atoms with E-state index in [9.17, 15) is 19.2 Å². The average molecular weight is 458 g/mol. The average Bonchev–Trinajstić information content (AvgIpc) is 2.77. The van der Waals surface area contributed by atoms with E-state index in [1.165, 1.54) is 0 Å². The molecule has 0 aliphatic carbocycles. The third-order valence-electron chi connectivity index (χ3n) is 5.28. The largest absolute Gasteiger partial charge is 0.444 e. The highest BCUT2D eigenvalue weighted by molar-refractivity contribution is 5.82. The monoisotopic (exact) mass is 457 g/mol. The highest BCUT2D eigenvalue weighted by Crippen LogP contribution is 2.17. The molecule has 0 bridgehead atoms. The number of carbonyl (C=O) groups is 3. The van der Waals surface area contributed by atoms with Gasteiger partial charge in [0, 0.05) is 31.6 Å². The molecule has 0 radical (unpaired) electrons. The molecule has 0 spiro atoms. The van der Waals surface area contributed by atoms with Crippen molar-refractivity contribution < 1.29 is 19.1 Å². The number of aromatic nitrogens is 2. The van der Waals surface area contributed by atoms with Gasteiger partial charge in [-0.2, -0.15) is 5.10 Å². The van der Waals surface area contributed by atoms with E-state index in [1.807, 2.05) is 6.07 Å². The predicted octanol–water partition coefficient (Wildman–Crippen LogP) is 1.28. The summed E-state index contributed by atoms with van der Waals surface area (Å²) in [4.78, 5) is 51.2. The summed E-state index contributed by atoms with van der Waals surface area (Å²) in [5.74, 6) is -0.756. The van der Waals surface area contributed by atoms with Crippen LogP contribution in [0.15, 0.2) is 35.3 Å². The van der Waals surface area contributed by atoms with E-state index in [0.717, 1.165) is 10.1 Å². The van der Waals surface area contributed by atoms with Crippen molar-refractivity contribution in [3.05, 3.63) is 40.8 Å². The number of hydrogen-bond acceptors (Lipinski definition) is 6. The van der Waals surface area contributed by atoms with Gasteiger partial charge in [0.1, 0.15) is 12.1 Å². The molecule has 1 aliphatic rings. The molecule has 2 heterocycles. The SMILES string of the molecule is CC(C)(C)OC(=O)NCCNC(=O)C1CCCN(C(=O)Cn2ncc3ccccc3c2=O)C1. The molecule has 1 fully saturated rings. The fourth-order valence-corrected chi connectivity index (χ4v) is 3.69. The number of fused-ring (bicyclic) bond motifs is 1. The Kier molecular flexibility index (Phi) is 7.67. The molecule has 33 heavy (non-hydrogen) atoms. The zero-order valence-corrected chi connectivity index (χ0v) is 19.3. The normalized spacial score (nSPS) is 16.3. The van der Waals surface area contributed by atoms with E-state index >= 15 is 0 Å². The lowest BCUT2D eigenvalue weighted by molar-refractivity contribution is -0.136. The van der Waals surface area contributed by atoms with Gasteiger partial charge in [0.15, 0.2) is 0 Å². The quantitative estimate of drug-likeness (QED) is 0.630. The second-order valence-electron chi connectivity index (χ2n) is 9.09. The standard InChI is InChI=1S/C23H31N5O5/c1-23(2,3)33-22(32)25-11-10-24-20(30)17-8-6-12-27(14-17)19(29)15-28-21(31)18-9-5-4-7-16(18)13-26-28/h4-5,7,9,13,17H,6,8,10-12,14-15H2,1-3H3,(H,24,30)(H,25,32). The number of amides is 3. The minimum Gasteiger partial charge on any atom is -0.444 e. The van der Waals surface area contributed by atoms with Crippen LogP contribution in [0, 0.1) is 5.92 Å². The van der Waals surface area contributed by atoms with E-state index < -0.39 is 11.7 Å². The van der Waals surface area contributed by atoms with Crippen LogP contribution in [0.5, 0.6) is 0 Å². The lowest BCUT2D eigenvalue weighted by Crippen LogP contribution is -2.48. The lowest BCUT2D eigenvalue weighted by Gasteiger charge is -2.32. The number of ether oxygens (including phenoxy) is 1. The van der Waals surface area contributed by atoms with E-state index in [2.05, 4.69) is 15.7 Å². The van der Waals surface area contributed by atoms with Gasteiger partial charge in [-0.05, 0) is 39.7 Å². The second-order valence-corrected chi connectivity index (χ2v) is 9.09. The van der Waals surface area contributed by atoms with Crippen molar-refractivity contribution in [1.82, 2.24) is 25.3 Å². The third kappa shape index (κ3) is 6.77. The van der Waals surface area contributed by atoms with Gasteiger partial charge in [-0.25, -0.2) is 9.48 Å². The van der Waals surface area contributed by atoms with Gasteiger partial charge < -0.3 is 20.3 Å². The number of nitrogens with zero attached hydrogens (tertiary/aromatic N) is 3. The molecule has 1 atom stereocenters. The Morgan fingerprint density at radius 2 is 1.88 bits per heavy atom. The summed E-state index contributed by atoms with van der Waals surface area (Å²) in [6, 6.07) is 7.10. The van der Waals surface area contributed by atoms with Crippen molar-refractivity contribution in [2.45, 2.75) is 45.8 Å². The molecule has 2 aromatic rings.